The number of rotatable bonds is 7. The average molecular weight is 258 g/mol. The van der Waals surface area contributed by atoms with Crippen LogP contribution in [0.3, 0.4) is 0 Å². The van der Waals surface area contributed by atoms with Gasteiger partial charge in [-0.15, -0.1) is 0 Å². The van der Waals surface area contributed by atoms with Crippen LogP contribution < -0.4 is 10.6 Å². The molecule has 2 amide bonds. The zero-order valence-electron chi connectivity index (χ0n) is 11.2. The van der Waals surface area contributed by atoms with E-state index in [0.717, 1.165) is 6.29 Å². The second-order valence-corrected chi connectivity index (χ2v) is 4.84. The van der Waals surface area contributed by atoms with Crippen molar-refractivity contribution in [1.29, 1.82) is 0 Å². The molecule has 0 aliphatic carbocycles. The van der Waals surface area contributed by atoms with Crippen molar-refractivity contribution in [3.8, 4) is 0 Å². The molecule has 0 fully saturated rings. The predicted octanol–water partition coefficient (Wildman–Crippen LogP) is 0.996. The Kier molecular flexibility index (Phi) is 7.74. The first-order valence-electron chi connectivity index (χ1n) is 6.02. The molecule has 0 atom stereocenters. The van der Waals surface area contributed by atoms with Crippen LogP contribution in [0.2, 0.25) is 0 Å². The summed E-state index contributed by atoms with van der Waals surface area (Å²) in [7, 11) is 0. The monoisotopic (exact) mass is 258 g/mol. The molecule has 6 nitrogen and oxygen atoms in total. The first kappa shape index (κ1) is 16.4. The smallest absolute Gasteiger partial charge is 0.407 e. The Morgan fingerprint density at radius 1 is 1.17 bits per heavy atom. The van der Waals surface area contributed by atoms with Crippen LogP contribution in [0.5, 0.6) is 0 Å². The third-order valence-electron chi connectivity index (χ3n) is 1.83. The first-order valence-corrected chi connectivity index (χ1v) is 6.02. The summed E-state index contributed by atoms with van der Waals surface area (Å²) >= 11 is 0. The summed E-state index contributed by atoms with van der Waals surface area (Å²) in [6.07, 6.45) is 1.44. The number of nitrogens with one attached hydrogen (secondary N) is 2. The highest BCUT2D eigenvalue weighted by Crippen LogP contribution is 2.06. The van der Waals surface area contributed by atoms with Crippen LogP contribution in [0.25, 0.3) is 0 Å². The van der Waals surface area contributed by atoms with Crippen molar-refractivity contribution >= 4 is 18.3 Å². The molecule has 0 saturated heterocycles. The Bertz CT molecular complexity index is 284. The molecule has 2 N–H and O–H groups in total. The van der Waals surface area contributed by atoms with Crippen molar-refractivity contribution in [2.75, 3.05) is 13.1 Å². The molecule has 0 aliphatic rings. The van der Waals surface area contributed by atoms with E-state index in [2.05, 4.69) is 10.6 Å². The van der Waals surface area contributed by atoms with Crippen LogP contribution in [-0.2, 0) is 14.3 Å². The minimum atomic E-state index is -0.518. The quantitative estimate of drug-likeness (QED) is 0.527. The fraction of sp³-hybridized carbons (Fsp3) is 0.750. The molecule has 0 heterocycles. The number of amides is 2. The maximum Gasteiger partial charge on any atom is 0.407 e. The van der Waals surface area contributed by atoms with Gasteiger partial charge >= 0.3 is 6.09 Å². The fourth-order valence-corrected chi connectivity index (χ4v) is 1.11. The lowest BCUT2D eigenvalue weighted by Crippen LogP contribution is -2.33. The third kappa shape index (κ3) is 10.9. The van der Waals surface area contributed by atoms with Gasteiger partial charge < -0.3 is 20.2 Å². The number of carbonyl (C=O) groups excluding carboxylic acids is 3. The molecule has 0 spiro atoms. The van der Waals surface area contributed by atoms with Crippen LogP contribution in [-0.4, -0.2) is 37.0 Å². The maximum atomic E-state index is 11.2. The molecule has 0 bridgehead atoms. The normalized spacial score (nSPS) is 10.6. The average Bonchev–Trinajstić information content (AvgIpc) is 2.22. The summed E-state index contributed by atoms with van der Waals surface area (Å²) in [5.74, 6) is -0.122. The largest absolute Gasteiger partial charge is 0.444 e. The minimum Gasteiger partial charge on any atom is -0.444 e. The van der Waals surface area contributed by atoms with Gasteiger partial charge in [0.15, 0.2) is 0 Å². The second kappa shape index (κ2) is 8.49. The predicted molar refractivity (Wildman–Crippen MR) is 67.2 cm³/mol. The van der Waals surface area contributed by atoms with E-state index in [1.54, 1.807) is 20.8 Å². The van der Waals surface area contributed by atoms with E-state index in [-0.39, 0.29) is 5.91 Å². The fourth-order valence-electron chi connectivity index (χ4n) is 1.11. The number of hydrogen-bond acceptors (Lipinski definition) is 4. The molecule has 104 valence electrons. The Balaban J connectivity index is 3.52. The molecule has 0 aromatic rings. The lowest BCUT2D eigenvalue weighted by molar-refractivity contribution is -0.121. The van der Waals surface area contributed by atoms with Crippen molar-refractivity contribution in [2.24, 2.45) is 0 Å². The van der Waals surface area contributed by atoms with E-state index in [1.807, 2.05) is 0 Å². The van der Waals surface area contributed by atoms with E-state index >= 15 is 0 Å². The maximum absolute atomic E-state index is 11.2. The van der Waals surface area contributed by atoms with Gasteiger partial charge in [-0.05, 0) is 27.2 Å². The number of aldehydes is 1. The molecule has 0 saturated carbocycles. The van der Waals surface area contributed by atoms with E-state index in [0.29, 0.717) is 32.4 Å². The Morgan fingerprint density at radius 2 is 1.83 bits per heavy atom. The molecule has 6 heteroatoms. The van der Waals surface area contributed by atoms with E-state index < -0.39 is 11.7 Å². The minimum absolute atomic E-state index is 0.122. The molecular weight excluding hydrogens is 236 g/mol. The summed E-state index contributed by atoms with van der Waals surface area (Å²) < 4.78 is 5.03. The number of hydrogen-bond donors (Lipinski definition) is 2. The van der Waals surface area contributed by atoms with Crippen LogP contribution in [0.4, 0.5) is 4.79 Å². The van der Waals surface area contributed by atoms with Gasteiger partial charge in [0.2, 0.25) is 5.91 Å². The number of alkyl carbamates (subject to hydrolysis) is 1. The molecule has 0 unspecified atom stereocenters. The summed E-state index contributed by atoms with van der Waals surface area (Å²) in [4.78, 5) is 32.5. The van der Waals surface area contributed by atoms with Crippen molar-refractivity contribution < 1.29 is 19.1 Å². The standard InChI is InChI=1S/C12H22N2O4/c1-12(2,3)18-11(17)14-7-4-6-10(16)13-8-5-9-15/h9H,4-8H2,1-3H3,(H,13,16)(H,14,17). The van der Waals surface area contributed by atoms with E-state index in [1.165, 1.54) is 0 Å². The third-order valence-corrected chi connectivity index (χ3v) is 1.83. The molecule has 0 aromatic heterocycles. The summed E-state index contributed by atoms with van der Waals surface area (Å²) in [5, 5.41) is 5.16. The highest BCUT2D eigenvalue weighted by molar-refractivity contribution is 5.76. The summed E-state index contributed by atoms with van der Waals surface area (Å²) in [6, 6.07) is 0. The molecular formula is C12H22N2O4. The SMILES string of the molecule is CC(C)(C)OC(=O)NCCCC(=O)NCCC=O. The van der Waals surface area contributed by atoms with Crippen molar-refractivity contribution in [3.05, 3.63) is 0 Å². The molecule has 0 radical (unpaired) electrons. The molecule has 0 aliphatic heterocycles. The highest BCUT2D eigenvalue weighted by atomic mass is 16.6. The van der Waals surface area contributed by atoms with Gasteiger partial charge in [-0.1, -0.05) is 0 Å². The Hall–Kier alpha value is -1.59. The number of ether oxygens (including phenoxy) is 1. The Labute approximate surface area is 107 Å². The van der Waals surface area contributed by atoms with Crippen molar-refractivity contribution in [1.82, 2.24) is 10.6 Å². The lowest BCUT2D eigenvalue weighted by atomic mass is 10.2. The van der Waals surface area contributed by atoms with Gasteiger partial charge in [-0.25, -0.2) is 4.79 Å². The van der Waals surface area contributed by atoms with Crippen LogP contribution in [0.15, 0.2) is 0 Å². The van der Waals surface area contributed by atoms with Gasteiger partial charge in [0, 0.05) is 25.9 Å². The van der Waals surface area contributed by atoms with Crippen molar-refractivity contribution in [3.63, 3.8) is 0 Å². The highest BCUT2D eigenvalue weighted by Gasteiger charge is 2.15. The number of carbonyl (C=O) groups is 3. The van der Waals surface area contributed by atoms with Gasteiger partial charge in [0.1, 0.15) is 11.9 Å². The van der Waals surface area contributed by atoms with Crippen molar-refractivity contribution in [2.45, 2.75) is 45.6 Å². The first-order chi connectivity index (χ1) is 8.35. The second-order valence-electron chi connectivity index (χ2n) is 4.84. The van der Waals surface area contributed by atoms with Gasteiger partial charge in [-0.3, -0.25) is 4.79 Å². The molecule has 18 heavy (non-hydrogen) atoms. The zero-order chi connectivity index (χ0) is 14.0. The Morgan fingerprint density at radius 3 is 2.39 bits per heavy atom. The van der Waals surface area contributed by atoms with Crippen LogP contribution in [0.1, 0.15) is 40.0 Å². The van der Waals surface area contributed by atoms with E-state index in [9.17, 15) is 14.4 Å². The van der Waals surface area contributed by atoms with Crippen LogP contribution >= 0.6 is 0 Å². The van der Waals surface area contributed by atoms with E-state index in [4.69, 9.17) is 4.74 Å². The van der Waals surface area contributed by atoms with Crippen LogP contribution in [0, 0.1) is 0 Å². The van der Waals surface area contributed by atoms with Gasteiger partial charge in [0.05, 0.1) is 0 Å². The topological polar surface area (TPSA) is 84.5 Å². The van der Waals surface area contributed by atoms with Gasteiger partial charge in [0.25, 0.3) is 0 Å². The molecule has 0 rings (SSSR count). The lowest BCUT2D eigenvalue weighted by Gasteiger charge is -2.19. The summed E-state index contributed by atoms with van der Waals surface area (Å²) in [5.41, 5.74) is -0.518. The van der Waals surface area contributed by atoms with Gasteiger partial charge in [-0.2, -0.15) is 0 Å². The molecule has 0 aromatic carbocycles. The zero-order valence-corrected chi connectivity index (χ0v) is 11.2. The summed E-state index contributed by atoms with van der Waals surface area (Å²) in [6.45, 7) is 6.10.